The third-order valence-electron chi connectivity index (χ3n) is 3.55. The largest absolute Gasteiger partial charge is 0.427 e. The second-order valence-corrected chi connectivity index (χ2v) is 7.06. The molecule has 0 radical (unpaired) electrons. The second-order valence-electron chi connectivity index (χ2n) is 7.06. The molecule has 2 rings (SSSR count). The minimum Gasteiger partial charge on any atom is -0.427 e. The molecule has 6 nitrogen and oxygen atoms in total. The van der Waals surface area contributed by atoms with Gasteiger partial charge in [0.1, 0.15) is 5.75 Å². The molecule has 2 aromatic rings. The van der Waals surface area contributed by atoms with E-state index in [1.165, 1.54) is 0 Å². The van der Waals surface area contributed by atoms with Crippen LogP contribution in [0, 0.1) is 0 Å². The van der Waals surface area contributed by atoms with E-state index in [1.54, 1.807) is 55.5 Å². The van der Waals surface area contributed by atoms with E-state index in [1.807, 2.05) is 20.8 Å². The van der Waals surface area contributed by atoms with Crippen molar-refractivity contribution in [2.24, 2.45) is 0 Å². The Kier molecular flexibility index (Phi) is 6.34. The second kappa shape index (κ2) is 8.49. The predicted octanol–water partition coefficient (Wildman–Crippen LogP) is 3.78. The van der Waals surface area contributed by atoms with Crippen LogP contribution in [0.15, 0.2) is 48.5 Å². The van der Waals surface area contributed by atoms with Gasteiger partial charge in [-0.1, -0.05) is 19.1 Å². The summed E-state index contributed by atoms with van der Waals surface area (Å²) in [6.07, 6.45) is 0.273. The van der Waals surface area contributed by atoms with Crippen molar-refractivity contribution < 1.29 is 19.1 Å². The van der Waals surface area contributed by atoms with Crippen LogP contribution in [-0.2, 0) is 4.79 Å². The Labute approximate surface area is 158 Å². The quantitative estimate of drug-likeness (QED) is 0.621. The van der Waals surface area contributed by atoms with Crippen molar-refractivity contribution in [3.63, 3.8) is 0 Å². The monoisotopic (exact) mass is 368 g/mol. The van der Waals surface area contributed by atoms with Crippen LogP contribution in [0.1, 0.15) is 54.8 Å². The number of rotatable bonds is 5. The molecule has 2 N–H and O–H groups in total. The number of benzene rings is 2. The summed E-state index contributed by atoms with van der Waals surface area (Å²) in [5.74, 6) is -0.589. The van der Waals surface area contributed by atoms with E-state index in [4.69, 9.17) is 4.74 Å². The summed E-state index contributed by atoms with van der Waals surface area (Å²) in [6, 6.07) is 13.1. The molecule has 0 aliphatic rings. The Hall–Kier alpha value is -3.15. The molecule has 0 aromatic heterocycles. The highest BCUT2D eigenvalue weighted by molar-refractivity contribution is 6.09. The molecule has 6 heteroatoms. The average Bonchev–Trinajstić information content (AvgIpc) is 2.61. The van der Waals surface area contributed by atoms with Gasteiger partial charge in [-0.15, -0.1) is 0 Å². The van der Waals surface area contributed by atoms with Gasteiger partial charge < -0.3 is 15.4 Å². The fraction of sp³-hybridized carbons (Fsp3) is 0.286. The molecule has 0 aliphatic heterocycles. The average molecular weight is 368 g/mol. The molecular formula is C21H24N2O4. The van der Waals surface area contributed by atoms with E-state index in [0.29, 0.717) is 22.6 Å². The van der Waals surface area contributed by atoms with Gasteiger partial charge in [-0.05, 0) is 57.2 Å². The van der Waals surface area contributed by atoms with Gasteiger partial charge in [0, 0.05) is 17.5 Å². The SMILES string of the molecule is CCC(=O)Oc1ccc(C(=O)Nc2ccccc2C(=O)NC(C)(C)C)cc1. The number of esters is 1. The Morgan fingerprint density at radius 3 is 2.15 bits per heavy atom. The van der Waals surface area contributed by atoms with Gasteiger partial charge in [0.25, 0.3) is 11.8 Å². The number of carbonyl (C=O) groups excluding carboxylic acids is 3. The van der Waals surface area contributed by atoms with Crippen molar-refractivity contribution in [2.45, 2.75) is 39.7 Å². The summed E-state index contributed by atoms with van der Waals surface area (Å²) < 4.78 is 5.09. The van der Waals surface area contributed by atoms with Gasteiger partial charge in [0.2, 0.25) is 0 Å². The number of para-hydroxylation sites is 1. The van der Waals surface area contributed by atoms with Crippen LogP contribution in [0.5, 0.6) is 5.75 Å². The lowest BCUT2D eigenvalue weighted by Crippen LogP contribution is -2.40. The van der Waals surface area contributed by atoms with Crippen LogP contribution < -0.4 is 15.4 Å². The highest BCUT2D eigenvalue weighted by Gasteiger charge is 2.19. The zero-order chi connectivity index (χ0) is 20.0. The Balaban J connectivity index is 2.14. The Morgan fingerprint density at radius 1 is 0.926 bits per heavy atom. The molecule has 0 fully saturated rings. The minimum absolute atomic E-state index is 0.264. The lowest BCUT2D eigenvalue weighted by atomic mass is 10.1. The zero-order valence-electron chi connectivity index (χ0n) is 16.0. The van der Waals surface area contributed by atoms with E-state index in [9.17, 15) is 14.4 Å². The summed E-state index contributed by atoms with van der Waals surface area (Å²) in [4.78, 5) is 36.3. The first-order valence-electron chi connectivity index (χ1n) is 8.73. The van der Waals surface area contributed by atoms with Crippen molar-refractivity contribution in [3.05, 3.63) is 59.7 Å². The first kappa shape index (κ1) is 20.2. The zero-order valence-corrected chi connectivity index (χ0v) is 16.0. The van der Waals surface area contributed by atoms with Gasteiger partial charge in [-0.2, -0.15) is 0 Å². The molecule has 27 heavy (non-hydrogen) atoms. The lowest BCUT2D eigenvalue weighted by Gasteiger charge is -2.21. The number of nitrogens with one attached hydrogen (secondary N) is 2. The van der Waals surface area contributed by atoms with Crippen molar-refractivity contribution in [1.82, 2.24) is 5.32 Å². The van der Waals surface area contributed by atoms with Crippen molar-refractivity contribution >= 4 is 23.5 Å². The number of ether oxygens (including phenoxy) is 1. The van der Waals surface area contributed by atoms with Crippen LogP contribution in [-0.4, -0.2) is 23.3 Å². The van der Waals surface area contributed by atoms with E-state index < -0.39 is 0 Å². The van der Waals surface area contributed by atoms with E-state index in [2.05, 4.69) is 10.6 Å². The third-order valence-corrected chi connectivity index (χ3v) is 3.55. The molecular weight excluding hydrogens is 344 g/mol. The molecule has 0 bridgehead atoms. The highest BCUT2D eigenvalue weighted by Crippen LogP contribution is 2.19. The maximum Gasteiger partial charge on any atom is 0.310 e. The number of anilines is 1. The smallest absolute Gasteiger partial charge is 0.310 e. The highest BCUT2D eigenvalue weighted by atomic mass is 16.5. The summed E-state index contributed by atoms with van der Waals surface area (Å²) in [5, 5.41) is 5.64. The molecule has 0 spiro atoms. The molecule has 0 heterocycles. The molecule has 0 aliphatic carbocycles. The molecule has 0 saturated heterocycles. The Bertz CT molecular complexity index is 836. The minimum atomic E-state index is -0.389. The summed E-state index contributed by atoms with van der Waals surface area (Å²) >= 11 is 0. The maximum absolute atomic E-state index is 12.5. The summed E-state index contributed by atoms with van der Waals surface area (Å²) in [5.41, 5.74) is 0.803. The van der Waals surface area contributed by atoms with Gasteiger partial charge >= 0.3 is 5.97 Å². The van der Waals surface area contributed by atoms with Gasteiger partial charge in [0.15, 0.2) is 0 Å². The first-order chi connectivity index (χ1) is 12.7. The lowest BCUT2D eigenvalue weighted by molar-refractivity contribution is -0.134. The number of carbonyl (C=O) groups is 3. The van der Waals surface area contributed by atoms with Crippen LogP contribution >= 0.6 is 0 Å². The predicted molar refractivity (Wildman–Crippen MR) is 104 cm³/mol. The molecule has 0 unspecified atom stereocenters. The Morgan fingerprint density at radius 2 is 1.56 bits per heavy atom. The van der Waals surface area contributed by atoms with E-state index in [-0.39, 0.29) is 29.7 Å². The fourth-order valence-electron chi connectivity index (χ4n) is 2.27. The number of hydrogen-bond donors (Lipinski definition) is 2. The number of hydrogen-bond acceptors (Lipinski definition) is 4. The molecule has 0 atom stereocenters. The van der Waals surface area contributed by atoms with Crippen molar-refractivity contribution in [3.8, 4) is 5.75 Å². The third kappa shape index (κ3) is 5.95. The maximum atomic E-state index is 12.5. The topological polar surface area (TPSA) is 84.5 Å². The van der Waals surface area contributed by atoms with E-state index in [0.717, 1.165) is 0 Å². The van der Waals surface area contributed by atoms with Crippen molar-refractivity contribution in [1.29, 1.82) is 0 Å². The summed E-state index contributed by atoms with van der Waals surface area (Å²) in [6.45, 7) is 7.37. The molecule has 2 amide bonds. The van der Waals surface area contributed by atoms with Gasteiger partial charge in [0.05, 0.1) is 11.3 Å². The van der Waals surface area contributed by atoms with Gasteiger partial charge in [-0.3, -0.25) is 14.4 Å². The van der Waals surface area contributed by atoms with Crippen LogP contribution in [0.2, 0.25) is 0 Å². The molecule has 142 valence electrons. The molecule has 2 aromatic carbocycles. The molecule has 0 saturated carbocycles. The first-order valence-corrected chi connectivity index (χ1v) is 8.73. The summed E-state index contributed by atoms with van der Waals surface area (Å²) in [7, 11) is 0. The number of amides is 2. The normalized spacial score (nSPS) is 10.8. The standard InChI is InChI=1S/C21H24N2O4/c1-5-18(24)27-15-12-10-14(11-13-15)19(25)22-17-9-7-6-8-16(17)20(26)23-21(2,3)4/h6-13H,5H2,1-4H3,(H,22,25)(H,23,26). The van der Waals surface area contributed by atoms with Crippen LogP contribution in [0.4, 0.5) is 5.69 Å². The van der Waals surface area contributed by atoms with Crippen LogP contribution in [0.3, 0.4) is 0 Å². The fourth-order valence-corrected chi connectivity index (χ4v) is 2.27. The van der Waals surface area contributed by atoms with Gasteiger partial charge in [-0.25, -0.2) is 0 Å². The van der Waals surface area contributed by atoms with E-state index >= 15 is 0 Å². The van der Waals surface area contributed by atoms with Crippen LogP contribution in [0.25, 0.3) is 0 Å². The van der Waals surface area contributed by atoms with Crippen molar-refractivity contribution in [2.75, 3.05) is 5.32 Å².